The molecule has 0 spiro atoms. The van der Waals surface area contributed by atoms with Gasteiger partial charge in [-0.3, -0.25) is 4.79 Å². The van der Waals surface area contributed by atoms with Crippen LogP contribution in [0.25, 0.3) is 0 Å². The highest BCUT2D eigenvalue weighted by molar-refractivity contribution is 5.78. The highest BCUT2D eigenvalue weighted by Gasteiger charge is 2.17. The molecule has 0 rings (SSSR count). The van der Waals surface area contributed by atoms with Gasteiger partial charge in [-0.15, -0.1) is 0 Å². The van der Waals surface area contributed by atoms with E-state index in [1.807, 2.05) is 48.5 Å². The SMILES string of the molecule is CC(CNC(=O)OC(C)(C)C)NCC(=O)NC(C)(C)C. The molecule has 118 valence electrons. The Morgan fingerprint density at radius 2 is 1.65 bits per heavy atom. The van der Waals surface area contributed by atoms with Crippen molar-refractivity contribution in [2.24, 2.45) is 0 Å². The van der Waals surface area contributed by atoms with Crippen LogP contribution in [0.3, 0.4) is 0 Å². The predicted molar refractivity (Wildman–Crippen MR) is 79.6 cm³/mol. The fourth-order valence-electron chi connectivity index (χ4n) is 1.35. The maximum atomic E-state index is 11.6. The molecule has 1 atom stereocenters. The number of amides is 2. The summed E-state index contributed by atoms with van der Waals surface area (Å²) in [5, 5.41) is 8.55. The van der Waals surface area contributed by atoms with Crippen LogP contribution in [0, 0.1) is 0 Å². The Morgan fingerprint density at radius 1 is 1.10 bits per heavy atom. The zero-order chi connectivity index (χ0) is 16.0. The lowest BCUT2D eigenvalue weighted by Crippen LogP contribution is -2.48. The predicted octanol–water partition coefficient (Wildman–Crippen LogP) is 1.40. The fourth-order valence-corrected chi connectivity index (χ4v) is 1.35. The molecule has 0 bridgehead atoms. The molecule has 0 aromatic carbocycles. The highest BCUT2D eigenvalue weighted by Crippen LogP contribution is 2.06. The fraction of sp³-hybridized carbons (Fsp3) is 0.857. The zero-order valence-corrected chi connectivity index (χ0v) is 13.7. The van der Waals surface area contributed by atoms with E-state index in [0.29, 0.717) is 6.54 Å². The van der Waals surface area contributed by atoms with E-state index in [1.54, 1.807) is 0 Å². The first-order chi connectivity index (χ1) is 8.89. The second-order valence-electron chi connectivity index (χ2n) is 6.96. The van der Waals surface area contributed by atoms with E-state index in [-0.39, 0.29) is 24.0 Å². The van der Waals surface area contributed by atoms with Gasteiger partial charge in [-0.2, -0.15) is 0 Å². The van der Waals surface area contributed by atoms with Crippen molar-refractivity contribution in [1.82, 2.24) is 16.0 Å². The Balaban J connectivity index is 3.87. The number of hydrogen-bond donors (Lipinski definition) is 3. The highest BCUT2D eigenvalue weighted by atomic mass is 16.6. The van der Waals surface area contributed by atoms with Gasteiger partial charge in [0, 0.05) is 18.1 Å². The maximum Gasteiger partial charge on any atom is 0.407 e. The molecule has 0 saturated heterocycles. The number of rotatable bonds is 5. The number of nitrogens with one attached hydrogen (secondary N) is 3. The Kier molecular flexibility index (Phi) is 6.99. The third-order valence-electron chi connectivity index (χ3n) is 2.08. The van der Waals surface area contributed by atoms with E-state index < -0.39 is 11.7 Å². The summed E-state index contributed by atoms with van der Waals surface area (Å²) in [6.45, 7) is 13.7. The average molecular weight is 287 g/mol. The van der Waals surface area contributed by atoms with Crippen molar-refractivity contribution in [3.8, 4) is 0 Å². The Bertz CT molecular complexity index is 298. The second kappa shape index (κ2) is 7.47. The first-order valence-electron chi connectivity index (χ1n) is 6.90. The summed E-state index contributed by atoms with van der Waals surface area (Å²) in [4.78, 5) is 23.1. The van der Waals surface area contributed by atoms with E-state index in [4.69, 9.17) is 4.74 Å². The maximum absolute atomic E-state index is 11.6. The molecule has 0 fully saturated rings. The molecule has 0 aromatic heterocycles. The Labute approximate surface area is 122 Å². The van der Waals surface area contributed by atoms with Crippen molar-refractivity contribution in [2.75, 3.05) is 13.1 Å². The van der Waals surface area contributed by atoms with Gasteiger partial charge in [0.2, 0.25) is 5.91 Å². The standard InChI is InChI=1S/C14H29N3O3/c1-10(8-16-12(19)20-14(5,6)7)15-9-11(18)17-13(2,3)4/h10,15H,8-9H2,1-7H3,(H,16,19)(H,17,18). The summed E-state index contributed by atoms with van der Waals surface area (Å²) < 4.78 is 5.12. The van der Waals surface area contributed by atoms with Crippen LogP contribution < -0.4 is 16.0 Å². The molecule has 0 aliphatic heterocycles. The van der Waals surface area contributed by atoms with Gasteiger partial charge >= 0.3 is 6.09 Å². The quantitative estimate of drug-likeness (QED) is 0.714. The molecule has 0 aliphatic rings. The van der Waals surface area contributed by atoms with Gasteiger partial charge in [0.05, 0.1) is 6.54 Å². The molecule has 0 heterocycles. The summed E-state index contributed by atoms with van der Waals surface area (Å²) in [5.74, 6) is -0.0679. The van der Waals surface area contributed by atoms with Gasteiger partial charge in [0.25, 0.3) is 0 Å². The van der Waals surface area contributed by atoms with Crippen molar-refractivity contribution >= 4 is 12.0 Å². The minimum atomic E-state index is -0.507. The molecule has 3 N–H and O–H groups in total. The van der Waals surface area contributed by atoms with E-state index in [0.717, 1.165) is 0 Å². The largest absolute Gasteiger partial charge is 0.444 e. The molecule has 0 aliphatic carbocycles. The Hall–Kier alpha value is -1.30. The van der Waals surface area contributed by atoms with Crippen LogP contribution in [0.2, 0.25) is 0 Å². The lowest BCUT2D eigenvalue weighted by atomic mass is 10.1. The van der Waals surface area contributed by atoms with Crippen molar-refractivity contribution in [1.29, 1.82) is 0 Å². The summed E-state index contributed by atoms with van der Waals surface area (Å²) in [6.07, 6.45) is -0.453. The lowest BCUT2D eigenvalue weighted by Gasteiger charge is -2.22. The van der Waals surface area contributed by atoms with E-state index in [1.165, 1.54) is 0 Å². The van der Waals surface area contributed by atoms with Crippen LogP contribution in [0.15, 0.2) is 0 Å². The second-order valence-corrected chi connectivity index (χ2v) is 6.96. The van der Waals surface area contributed by atoms with Gasteiger partial charge in [0.1, 0.15) is 5.60 Å². The zero-order valence-electron chi connectivity index (χ0n) is 13.7. The van der Waals surface area contributed by atoms with Crippen LogP contribution in [0.1, 0.15) is 48.5 Å². The summed E-state index contributed by atoms with van der Waals surface area (Å²) in [7, 11) is 0. The number of carbonyl (C=O) groups excluding carboxylic acids is 2. The van der Waals surface area contributed by atoms with Gasteiger partial charge < -0.3 is 20.7 Å². The first kappa shape index (κ1) is 18.7. The molecule has 0 saturated carbocycles. The molecule has 2 amide bonds. The van der Waals surface area contributed by atoms with Crippen LogP contribution in [-0.2, 0) is 9.53 Å². The van der Waals surface area contributed by atoms with Crippen molar-refractivity contribution in [2.45, 2.75) is 65.6 Å². The third kappa shape index (κ3) is 11.8. The average Bonchev–Trinajstić information content (AvgIpc) is 2.18. The molecular weight excluding hydrogens is 258 g/mol. The molecule has 0 aromatic rings. The summed E-state index contributed by atoms with van der Waals surface area (Å²) in [6, 6.07) is -0.0202. The number of ether oxygens (including phenoxy) is 1. The van der Waals surface area contributed by atoms with Gasteiger partial charge in [-0.1, -0.05) is 0 Å². The molecule has 20 heavy (non-hydrogen) atoms. The molecule has 6 heteroatoms. The van der Waals surface area contributed by atoms with Gasteiger partial charge in [-0.05, 0) is 48.5 Å². The van der Waals surface area contributed by atoms with Crippen LogP contribution in [0.4, 0.5) is 4.79 Å². The number of alkyl carbamates (subject to hydrolysis) is 1. The summed E-state index contributed by atoms with van der Waals surface area (Å²) in [5.41, 5.74) is -0.746. The van der Waals surface area contributed by atoms with Gasteiger partial charge in [-0.25, -0.2) is 4.79 Å². The molecular formula is C14H29N3O3. The first-order valence-corrected chi connectivity index (χ1v) is 6.90. The lowest BCUT2D eigenvalue weighted by molar-refractivity contribution is -0.121. The minimum Gasteiger partial charge on any atom is -0.444 e. The molecule has 1 unspecified atom stereocenters. The number of hydrogen-bond acceptors (Lipinski definition) is 4. The van der Waals surface area contributed by atoms with E-state index in [9.17, 15) is 9.59 Å². The van der Waals surface area contributed by atoms with Crippen molar-refractivity contribution < 1.29 is 14.3 Å². The van der Waals surface area contributed by atoms with Gasteiger partial charge in [0.15, 0.2) is 0 Å². The molecule has 6 nitrogen and oxygen atoms in total. The molecule has 0 radical (unpaired) electrons. The van der Waals surface area contributed by atoms with Crippen LogP contribution in [0.5, 0.6) is 0 Å². The van der Waals surface area contributed by atoms with Crippen molar-refractivity contribution in [3.63, 3.8) is 0 Å². The smallest absolute Gasteiger partial charge is 0.407 e. The van der Waals surface area contributed by atoms with E-state index in [2.05, 4.69) is 16.0 Å². The van der Waals surface area contributed by atoms with Crippen LogP contribution in [-0.4, -0.2) is 42.3 Å². The van der Waals surface area contributed by atoms with Crippen LogP contribution >= 0.6 is 0 Å². The van der Waals surface area contributed by atoms with E-state index >= 15 is 0 Å². The third-order valence-corrected chi connectivity index (χ3v) is 2.08. The monoisotopic (exact) mass is 287 g/mol. The minimum absolute atomic E-state index is 0.0202. The topological polar surface area (TPSA) is 79.5 Å². The normalized spacial score (nSPS) is 13.6. The van der Waals surface area contributed by atoms with Crippen molar-refractivity contribution in [3.05, 3.63) is 0 Å². The summed E-state index contributed by atoms with van der Waals surface area (Å²) >= 11 is 0. The number of carbonyl (C=O) groups is 2. The Morgan fingerprint density at radius 3 is 2.10 bits per heavy atom.